The number of ether oxygens (including phenoxy) is 1. The molecular weight excluding hydrogens is 440 g/mol. The van der Waals surface area contributed by atoms with Crippen LogP contribution >= 0.6 is 0 Å². The number of carbonyl (C=O) groups is 1. The third-order valence-electron chi connectivity index (χ3n) is 5.22. The molecule has 1 N–H and O–H groups in total. The maximum atomic E-state index is 12.8. The molecule has 0 spiro atoms. The van der Waals surface area contributed by atoms with Crippen LogP contribution in [-0.4, -0.2) is 43.3 Å². The van der Waals surface area contributed by atoms with Crippen LogP contribution in [0.15, 0.2) is 65.8 Å². The third-order valence-corrected chi connectivity index (χ3v) is 5.22. The van der Waals surface area contributed by atoms with Crippen LogP contribution in [0, 0.1) is 17.0 Å². The van der Waals surface area contributed by atoms with Crippen molar-refractivity contribution < 1.29 is 14.5 Å². The van der Waals surface area contributed by atoms with E-state index in [9.17, 15) is 19.7 Å². The highest BCUT2D eigenvalue weighted by Crippen LogP contribution is 2.16. The average Bonchev–Trinajstić information content (AvgIpc) is 3.24. The number of benzene rings is 2. The van der Waals surface area contributed by atoms with Gasteiger partial charge in [-0.2, -0.15) is 5.10 Å². The minimum absolute atomic E-state index is 0.0141. The predicted molar refractivity (Wildman–Crippen MR) is 124 cm³/mol. The molecule has 4 rings (SSSR count). The minimum atomic E-state index is -0.475. The molecule has 11 nitrogen and oxygen atoms in total. The van der Waals surface area contributed by atoms with Gasteiger partial charge in [0.15, 0.2) is 12.3 Å². The van der Waals surface area contributed by atoms with Crippen molar-refractivity contribution in [3.8, 4) is 5.75 Å². The molecule has 2 aromatic carbocycles. The van der Waals surface area contributed by atoms with Crippen LogP contribution in [0.4, 0.5) is 5.69 Å². The molecule has 0 radical (unpaired) electrons. The molecule has 0 unspecified atom stereocenters. The number of hydrogen-bond acceptors (Lipinski definition) is 7. The van der Waals surface area contributed by atoms with Gasteiger partial charge in [0.1, 0.15) is 17.5 Å². The lowest BCUT2D eigenvalue weighted by Gasteiger charge is -2.10. The van der Waals surface area contributed by atoms with Crippen molar-refractivity contribution in [2.45, 2.75) is 20.0 Å². The first kappa shape index (κ1) is 22.6. The molecule has 0 saturated heterocycles. The van der Waals surface area contributed by atoms with Crippen molar-refractivity contribution in [2.24, 2.45) is 0 Å². The van der Waals surface area contributed by atoms with Crippen LogP contribution in [0.25, 0.3) is 11.0 Å². The maximum Gasteiger partial charge on any atom is 0.269 e. The number of hydrogen-bond donors (Lipinski definition) is 1. The Hall–Kier alpha value is -4.54. The number of rotatable bonds is 9. The van der Waals surface area contributed by atoms with Crippen LogP contribution in [0.5, 0.6) is 5.75 Å². The van der Waals surface area contributed by atoms with E-state index in [1.807, 2.05) is 25.1 Å². The monoisotopic (exact) mass is 462 g/mol. The van der Waals surface area contributed by atoms with Gasteiger partial charge in [-0.15, -0.1) is 0 Å². The number of amides is 1. The lowest BCUT2D eigenvalue weighted by molar-refractivity contribution is -0.384. The summed E-state index contributed by atoms with van der Waals surface area (Å²) in [7, 11) is 0. The normalized spacial score (nSPS) is 10.9. The zero-order valence-electron chi connectivity index (χ0n) is 18.4. The molecule has 4 aromatic rings. The number of carbonyl (C=O) groups excluding carboxylic acids is 1. The highest BCUT2D eigenvalue weighted by Gasteiger charge is 2.12. The zero-order chi connectivity index (χ0) is 24.1. The number of nitrogens with zero attached hydrogens (tertiary/aromatic N) is 5. The van der Waals surface area contributed by atoms with Gasteiger partial charge >= 0.3 is 0 Å². The summed E-state index contributed by atoms with van der Waals surface area (Å²) in [5, 5.41) is 18.1. The van der Waals surface area contributed by atoms with E-state index in [0.29, 0.717) is 29.9 Å². The Bertz CT molecular complexity index is 1390. The Kier molecular flexibility index (Phi) is 6.62. The second-order valence-corrected chi connectivity index (χ2v) is 7.61. The number of non-ortho nitro benzene ring substituents is 1. The summed E-state index contributed by atoms with van der Waals surface area (Å²) in [6, 6.07) is 13.4. The van der Waals surface area contributed by atoms with Crippen molar-refractivity contribution in [1.29, 1.82) is 0 Å². The van der Waals surface area contributed by atoms with E-state index < -0.39 is 4.92 Å². The van der Waals surface area contributed by atoms with E-state index in [0.717, 1.165) is 11.1 Å². The van der Waals surface area contributed by atoms with Crippen LogP contribution in [0.1, 0.15) is 11.1 Å². The average molecular weight is 462 g/mol. The molecule has 11 heteroatoms. The molecule has 2 aromatic heterocycles. The lowest BCUT2D eigenvalue weighted by atomic mass is 10.2. The number of fused-ring (bicyclic) bond motifs is 1. The van der Waals surface area contributed by atoms with Crippen molar-refractivity contribution in [2.75, 3.05) is 13.2 Å². The highest BCUT2D eigenvalue weighted by atomic mass is 16.6. The van der Waals surface area contributed by atoms with Gasteiger partial charge in [-0.3, -0.25) is 24.3 Å². The molecule has 0 aliphatic rings. The fraction of sp³-hybridized carbons (Fsp3) is 0.217. The summed E-state index contributed by atoms with van der Waals surface area (Å²) in [4.78, 5) is 39.6. The largest absolute Gasteiger partial charge is 0.484 e. The Balaban J connectivity index is 1.35. The molecule has 0 bridgehead atoms. The number of para-hydroxylation sites is 1. The summed E-state index contributed by atoms with van der Waals surface area (Å²) in [6.07, 6.45) is 2.86. The minimum Gasteiger partial charge on any atom is -0.484 e. The van der Waals surface area contributed by atoms with E-state index in [-0.39, 0.29) is 30.3 Å². The van der Waals surface area contributed by atoms with Gasteiger partial charge in [0.25, 0.3) is 17.2 Å². The molecule has 0 aliphatic heterocycles. The summed E-state index contributed by atoms with van der Waals surface area (Å²) in [5.41, 5.74) is 1.81. The molecule has 0 aliphatic carbocycles. The van der Waals surface area contributed by atoms with Crippen molar-refractivity contribution in [3.05, 3.63) is 92.7 Å². The van der Waals surface area contributed by atoms with E-state index in [2.05, 4.69) is 15.4 Å². The van der Waals surface area contributed by atoms with Crippen LogP contribution in [-0.2, 0) is 17.9 Å². The number of nitro benzene ring substituents is 1. The molecule has 2 heterocycles. The maximum absolute atomic E-state index is 12.8. The van der Waals surface area contributed by atoms with Crippen LogP contribution in [0.3, 0.4) is 0 Å². The third kappa shape index (κ3) is 5.09. The fourth-order valence-corrected chi connectivity index (χ4v) is 3.41. The van der Waals surface area contributed by atoms with Crippen LogP contribution in [0.2, 0.25) is 0 Å². The standard InChI is InChI=1S/C23H22N6O5/c1-16-4-2-3-5-20(16)34-14-21(30)24-10-11-28-22-19(12-26-28)23(31)27(15-25-22)13-17-6-8-18(9-7-17)29(32)33/h2-9,12,15H,10-11,13-14H2,1H3,(H,24,30). The Morgan fingerprint density at radius 2 is 1.94 bits per heavy atom. The Morgan fingerprint density at radius 3 is 2.68 bits per heavy atom. The van der Waals surface area contributed by atoms with Gasteiger partial charge in [0.05, 0.1) is 24.2 Å². The molecule has 1 amide bonds. The van der Waals surface area contributed by atoms with Crippen molar-refractivity contribution >= 4 is 22.6 Å². The first-order valence-corrected chi connectivity index (χ1v) is 10.5. The second-order valence-electron chi connectivity index (χ2n) is 7.61. The van der Waals surface area contributed by atoms with Gasteiger partial charge in [0.2, 0.25) is 0 Å². The summed E-state index contributed by atoms with van der Waals surface area (Å²) in [5.74, 6) is 0.392. The quantitative estimate of drug-likeness (QED) is 0.297. The van der Waals surface area contributed by atoms with Gasteiger partial charge in [-0.1, -0.05) is 30.3 Å². The number of aryl methyl sites for hydroxylation is 1. The summed E-state index contributed by atoms with van der Waals surface area (Å²) in [6.45, 7) is 2.65. The lowest BCUT2D eigenvalue weighted by Crippen LogP contribution is -2.32. The molecule has 0 fully saturated rings. The zero-order valence-corrected chi connectivity index (χ0v) is 18.4. The van der Waals surface area contributed by atoms with E-state index in [1.54, 1.807) is 22.9 Å². The van der Waals surface area contributed by atoms with E-state index in [4.69, 9.17) is 4.74 Å². The number of nitro groups is 1. The molecule has 34 heavy (non-hydrogen) atoms. The molecular formula is C23H22N6O5. The first-order chi connectivity index (χ1) is 16.4. The molecule has 0 saturated carbocycles. The molecule has 174 valence electrons. The van der Waals surface area contributed by atoms with Gasteiger partial charge < -0.3 is 10.1 Å². The van der Waals surface area contributed by atoms with Crippen LogP contribution < -0.4 is 15.6 Å². The van der Waals surface area contributed by atoms with E-state index >= 15 is 0 Å². The van der Waals surface area contributed by atoms with Crippen molar-refractivity contribution in [1.82, 2.24) is 24.6 Å². The van der Waals surface area contributed by atoms with Gasteiger partial charge in [-0.25, -0.2) is 9.67 Å². The first-order valence-electron chi connectivity index (χ1n) is 10.5. The second kappa shape index (κ2) is 9.94. The topological polar surface area (TPSA) is 134 Å². The van der Waals surface area contributed by atoms with E-state index in [1.165, 1.54) is 29.2 Å². The SMILES string of the molecule is Cc1ccccc1OCC(=O)NCCn1ncc2c(=O)n(Cc3ccc([N+](=O)[O-])cc3)cnc21. The van der Waals surface area contributed by atoms with Crippen molar-refractivity contribution in [3.63, 3.8) is 0 Å². The predicted octanol–water partition coefficient (Wildman–Crippen LogP) is 2.05. The Morgan fingerprint density at radius 1 is 1.18 bits per heavy atom. The van der Waals surface area contributed by atoms with Gasteiger partial charge in [-0.05, 0) is 24.1 Å². The number of nitrogens with one attached hydrogen (secondary N) is 1. The number of aromatic nitrogens is 4. The van der Waals surface area contributed by atoms with Gasteiger partial charge in [0, 0.05) is 18.7 Å². The fourth-order valence-electron chi connectivity index (χ4n) is 3.41. The summed E-state index contributed by atoms with van der Waals surface area (Å²) < 4.78 is 8.50. The molecule has 0 atom stereocenters. The highest BCUT2D eigenvalue weighted by molar-refractivity contribution is 5.77. The summed E-state index contributed by atoms with van der Waals surface area (Å²) >= 11 is 0. The Labute approximate surface area is 193 Å². The smallest absolute Gasteiger partial charge is 0.269 e.